The lowest BCUT2D eigenvalue weighted by molar-refractivity contribution is -0.124. The molecule has 2 aliphatic rings. The molecule has 3 heterocycles. The van der Waals surface area contributed by atoms with Crippen molar-refractivity contribution in [3.63, 3.8) is 0 Å². The van der Waals surface area contributed by atoms with E-state index in [1.807, 2.05) is 42.8 Å². The number of thioether (sulfide) groups is 1. The maximum atomic E-state index is 12.7. The van der Waals surface area contributed by atoms with Gasteiger partial charge in [0.1, 0.15) is 6.54 Å². The van der Waals surface area contributed by atoms with E-state index in [0.29, 0.717) is 11.4 Å². The molecule has 0 bridgehead atoms. The number of fused-ring (bicyclic) bond motifs is 1. The molecular formula is C22H24BrN3O4S. The van der Waals surface area contributed by atoms with Crippen molar-refractivity contribution in [2.45, 2.75) is 45.4 Å². The molecule has 0 saturated carbocycles. The van der Waals surface area contributed by atoms with Crippen LogP contribution in [0.15, 0.2) is 33.8 Å². The summed E-state index contributed by atoms with van der Waals surface area (Å²) in [6.45, 7) is 5.06. The van der Waals surface area contributed by atoms with Gasteiger partial charge >= 0.3 is 0 Å². The zero-order chi connectivity index (χ0) is 22.1. The van der Waals surface area contributed by atoms with Crippen LogP contribution >= 0.6 is 27.7 Å². The molecule has 0 unspecified atom stereocenters. The zero-order valence-corrected chi connectivity index (χ0v) is 19.8. The number of nitrogens with zero attached hydrogens (tertiary/aromatic N) is 2. The van der Waals surface area contributed by atoms with Gasteiger partial charge in [-0.15, -0.1) is 0 Å². The van der Waals surface area contributed by atoms with Crippen molar-refractivity contribution in [2.75, 3.05) is 13.2 Å². The molecule has 2 aromatic rings. The number of rotatable bonds is 6. The third kappa shape index (κ3) is 4.73. The topological polar surface area (TPSA) is 80.6 Å². The third-order valence-corrected chi connectivity index (χ3v) is 6.74. The first-order valence-corrected chi connectivity index (χ1v) is 11.9. The van der Waals surface area contributed by atoms with Gasteiger partial charge in [0, 0.05) is 46.3 Å². The Morgan fingerprint density at radius 2 is 2.19 bits per heavy atom. The normalized spacial score (nSPS) is 20.6. The summed E-state index contributed by atoms with van der Waals surface area (Å²) >= 11 is 4.44. The number of ether oxygens (including phenoxy) is 1. The molecule has 2 aliphatic heterocycles. The molecule has 0 spiro atoms. The van der Waals surface area contributed by atoms with Crippen molar-refractivity contribution in [1.29, 1.82) is 0 Å². The van der Waals surface area contributed by atoms with Gasteiger partial charge in [-0.2, -0.15) is 0 Å². The number of halogens is 1. The Kier molecular flexibility index (Phi) is 6.55. The Labute approximate surface area is 193 Å². The van der Waals surface area contributed by atoms with Crippen LogP contribution in [0, 0.1) is 0 Å². The average Bonchev–Trinajstić information content (AvgIpc) is 3.40. The van der Waals surface area contributed by atoms with Gasteiger partial charge in [-0.25, -0.2) is 0 Å². The van der Waals surface area contributed by atoms with Gasteiger partial charge in [0.15, 0.2) is 0 Å². The predicted molar refractivity (Wildman–Crippen MR) is 125 cm³/mol. The highest BCUT2D eigenvalue weighted by atomic mass is 79.9. The van der Waals surface area contributed by atoms with Gasteiger partial charge in [-0.05, 0) is 62.7 Å². The van der Waals surface area contributed by atoms with Gasteiger partial charge in [-0.3, -0.25) is 19.3 Å². The maximum Gasteiger partial charge on any atom is 0.293 e. The second-order valence-electron chi connectivity index (χ2n) is 7.96. The molecule has 164 valence electrons. The Morgan fingerprint density at radius 1 is 1.39 bits per heavy atom. The minimum Gasteiger partial charge on any atom is -0.376 e. The monoisotopic (exact) mass is 505 g/mol. The molecule has 1 N–H and O–H groups in total. The van der Waals surface area contributed by atoms with Gasteiger partial charge in [0.2, 0.25) is 5.91 Å². The molecule has 0 radical (unpaired) electrons. The lowest BCUT2D eigenvalue weighted by Crippen LogP contribution is -2.34. The highest BCUT2D eigenvalue weighted by Crippen LogP contribution is 2.35. The van der Waals surface area contributed by atoms with Gasteiger partial charge in [0.25, 0.3) is 11.1 Å². The van der Waals surface area contributed by atoms with Crippen LogP contribution < -0.4 is 5.32 Å². The predicted octanol–water partition coefficient (Wildman–Crippen LogP) is 4.14. The van der Waals surface area contributed by atoms with Crippen LogP contribution in [0.2, 0.25) is 0 Å². The number of benzene rings is 1. The summed E-state index contributed by atoms with van der Waals surface area (Å²) in [7, 11) is 0. The van der Waals surface area contributed by atoms with Gasteiger partial charge in [-0.1, -0.05) is 15.9 Å². The van der Waals surface area contributed by atoms with E-state index in [-0.39, 0.29) is 35.7 Å². The van der Waals surface area contributed by atoms with E-state index in [4.69, 9.17) is 4.74 Å². The summed E-state index contributed by atoms with van der Waals surface area (Å²) in [5, 5.41) is 3.58. The number of hydrogen-bond acceptors (Lipinski definition) is 5. The molecule has 4 rings (SSSR count). The van der Waals surface area contributed by atoms with Gasteiger partial charge in [0.05, 0.1) is 11.0 Å². The molecule has 1 atom stereocenters. The third-order valence-electron chi connectivity index (χ3n) is 5.37. The van der Waals surface area contributed by atoms with E-state index in [9.17, 15) is 14.4 Å². The van der Waals surface area contributed by atoms with Crippen LogP contribution in [-0.4, -0.2) is 51.8 Å². The smallest absolute Gasteiger partial charge is 0.293 e. The quantitative estimate of drug-likeness (QED) is 0.596. The molecule has 2 saturated heterocycles. The van der Waals surface area contributed by atoms with Crippen LogP contribution in [0.1, 0.15) is 32.3 Å². The summed E-state index contributed by atoms with van der Waals surface area (Å²) < 4.78 is 8.32. The minimum atomic E-state index is -0.282. The Balaban J connectivity index is 1.59. The Bertz CT molecular complexity index is 1070. The number of imide groups is 1. The largest absolute Gasteiger partial charge is 0.376 e. The molecule has 7 nitrogen and oxygen atoms in total. The van der Waals surface area contributed by atoms with E-state index in [0.717, 1.165) is 52.1 Å². The fraction of sp³-hybridized carbons (Fsp3) is 0.409. The fourth-order valence-corrected chi connectivity index (χ4v) is 5.17. The SMILES string of the molecule is CC(C)N1C(=O)S/C(=C\c2cn(CC(=O)NC[C@H]3CCCO3)c3ccc(Br)cc23)C1=O. The fourth-order valence-electron chi connectivity index (χ4n) is 3.85. The second kappa shape index (κ2) is 9.18. The first-order chi connectivity index (χ1) is 14.8. The summed E-state index contributed by atoms with van der Waals surface area (Å²) in [6, 6.07) is 5.61. The maximum absolute atomic E-state index is 12.7. The van der Waals surface area contributed by atoms with Crippen molar-refractivity contribution in [2.24, 2.45) is 0 Å². The zero-order valence-electron chi connectivity index (χ0n) is 17.4. The summed E-state index contributed by atoms with van der Waals surface area (Å²) in [6.07, 6.45) is 5.68. The highest BCUT2D eigenvalue weighted by Gasteiger charge is 2.36. The van der Waals surface area contributed by atoms with Crippen molar-refractivity contribution < 1.29 is 19.1 Å². The Morgan fingerprint density at radius 3 is 2.87 bits per heavy atom. The molecule has 2 fully saturated rings. The molecular weight excluding hydrogens is 482 g/mol. The van der Waals surface area contributed by atoms with E-state index < -0.39 is 0 Å². The summed E-state index contributed by atoms with van der Waals surface area (Å²) in [5.74, 6) is -0.378. The molecule has 9 heteroatoms. The minimum absolute atomic E-state index is 0.0912. The van der Waals surface area contributed by atoms with Crippen LogP contribution in [0.3, 0.4) is 0 Å². The lowest BCUT2D eigenvalue weighted by Gasteiger charge is -2.16. The van der Waals surface area contributed by atoms with Crippen LogP contribution in [0.25, 0.3) is 17.0 Å². The number of carbonyl (C=O) groups excluding carboxylic acids is 3. The van der Waals surface area contributed by atoms with E-state index in [1.54, 1.807) is 6.08 Å². The molecule has 1 aromatic heterocycles. The van der Waals surface area contributed by atoms with Crippen LogP contribution in [-0.2, 0) is 20.9 Å². The average molecular weight is 506 g/mol. The number of hydrogen-bond donors (Lipinski definition) is 1. The van der Waals surface area contributed by atoms with E-state index in [1.165, 1.54) is 4.90 Å². The Hall–Kier alpha value is -2.10. The molecule has 1 aromatic carbocycles. The van der Waals surface area contributed by atoms with Crippen molar-refractivity contribution in [3.8, 4) is 0 Å². The number of aromatic nitrogens is 1. The molecule has 31 heavy (non-hydrogen) atoms. The number of nitrogens with one attached hydrogen (secondary N) is 1. The lowest BCUT2D eigenvalue weighted by atomic mass is 10.1. The number of carbonyl (C=O) groups is 3. The van der Waals surface area contributed by atoms with Crippen molar-refractivity contribution in [3.05, 3.63) is 39.3 Å². The highest BCUT2D eigenvalue weighted by molar-refractivity contribution is 9.10. The first kappa shape index (κ1) is 22.1. The van der Waals surface area contributed by atoms with Crippen molar-refractivity contribution in [1.82, 2.24) is 14.8 Å². The van der Waals surface area contributed by atoms with Crippen LogP contribution in [0.5, 0.6) is 0 Å². The summed E-state index contributed by atoms with van der Waals surface area (Å²) in [4.78, 5) is 39.1. The number of amides is 3. The molecule has 3 amide bonds. The summed E-state index contributed by atoms with van der Waals surface area (Å²) in [5.41, 5.74) is 1.67. The van der Waals surface area contributed by atoms with E-state index >= 15 is 0 Å². The van der Waals surface area contributed by atoms with Gasteiger partial charge < -0.3 is 14.6 Å². The van der Waals surface area contributed by atoms with E-state index in [2.05, 4.69) is 21.2 Å². The van der Waals surface area contributed by atoms with Crippen molar-refractivity contribution >= 4 is 61.7 Å². The second-order valence-corrected chi connectivity index (χ2v) is 9.87. The molecule has 0 aliphatic carbocycles. The first-order valence-electron chi connectivity index (χ1n) is 10.3. The van der Waals surface area contributed by atoms with Crippen LogP contribution in [0.4, 0.5) is 4.79 Å². The standard InChI is InChI=1S/C22H24BrN3O4S/c1-13(2)26-21(28)19(31-22(26)29)8-14-11-25(18-6-5-15(23)9-17(14)18)12-20(27)24-10-16-4-3-7-30-16/h5-6,8-9,11,13,16H,3-4,7,10,12H2,1-2H3,(H,24,27)/b19-8-/t16-/m1/s1.